The molecule has 2 aromatic rings. The Kier molecular flexibility index (Phi) is 5.27. The Morgan fingerprint density at radius 2 is 1.71 bits per heavy atom. The highest BCUT2D eigenvalue weighted by Gasteiger charge is 2.08. The van der Waals surface area contributed by atoms with Crippen molar-refractivity contribution in [2.45, 2.75) is 34.2 Å². The van der Waals surface area contributed by atoms with E-state index in [1.165, 1.54) is 11.1 Å². The minimum atomic E-state index is 0.805. The van der Waals surface area contributed by atoms with Gasteiger partial charge in [-0.1, -0.05) is 36.2 Å². The summed E-state index contributed by atoms with van der Waals surface area (Å²) in [6.45, 7) is 9.93. The van der Waals surface area contributed by atoms with Gasteiger partial charge in [-0.15, -0.1) is 0 Å². The molecule has 0 aliphatic rings. The number of aryl methyl sites for hydroxylation is 3. The molecular formula is C18H22ClNO. The maximum absolute atomic E-state index is 6.21. The number of hydrogen-bond acceptors (Lipinski definition) is 2. The van der Waals surface area contributed by atoms with Gasteiger partial charge in [0.2, 0.25) is 0 Å². The predicted octanol–water partition coefficient (Wildman–Crippen LogP) is 5.17. The molecule has 0 amide bonds. The van der Waals surface area contributed by atoms with Gasteiger partial charge in [-0.05, 0) is 56.6 Å². The molecule has 2 nitrogen and oxygen atoms in total. The first-order valence-corrected chi connectivity index (χ1v) is 7.64. The van der Waals surface area contributed by atoms with Gasteiger partial charge in [0.05, 0.1) is 0 Å². The summed E-state index contributed by atoms with van der Waals surface area (Å²) >= 11 is 6.21. The topological polar surface area (TPSA) is 21.3 Å². The van der Waals surface area contributed by atoms with Crippen LogP contribution in [0.5, 0.6) is 11.5 Å². The Bertz CT molecular complexity index is 614. The molecule has 0 aliphatic carbocycles. The number of benzene rings is 2. The second-order valence-electron chi connectivity index (χ2n) is 5.36. The molecule has 0 bridgehead atoms. The summed E-state index contributed by atoms with van der Waals surface area (Å²) < 4.78 is 6.08. The molecular weight excluding hydrogens is 282 g/mol. The molecule has 0 aromatic heterocycles. The highest BCUT2D eigenvalue weighted by molar-refractivity contribution is 6.32. The highest BCUT2D eigenvalue weighted by atomic mass is 35.5. The van der Waals surface area contributed by atoms with Crippen LogP contribution < -0.4 is 10.1 Å². The lowest BCUT2D eigenvalue weighted by atomic mass is 10.1. The Labute approximate surface area is 132 Å². The number of ether oxygens (including phenoxy) is 1. The fraction of sp³-hybridized carbons (Fsp3) is 0.333. The van der Waals surface area contributed by atoms with E-state index in [0.717, 1.165) is 40.7 Å². The molecule has 21 heavy (non-hydrogen) atoms. The SMILES string of the molecule is CCNCc1cc(C)ccc1Oc1cc(C)c(Cl)c(C)c1. The Morgan fingerprint density at radius 3 is 2.33 bits per heavy atom. The van der Waals surface area contributed by atoms with E-state index in [1.807, 2.05) is 32.0 Å². The molecule has 0 aliphatic heterocycles. The Balaban J connectivity index is 2.30. The van der Waals surface area contributed by atoms with Crippen LogP contribution >= 0.6 is 11.6 Å². The fourth-order valence-electron chi connectivity index (χ4n) is 2.30. The van der Waals surface area contributed by atoms with Crippen LogP contribution in [0.15, 0.2) is 30.3 Å². The van der Waals surface area contributed by atoms with Crippen molar-refractivity contribution >= 4 is 11.6 Å². The zero-order valence-corrected chi connectivity index (χ0v) is 13.8. The molecule has 112 valence electrons. The van der Waals surface area contributed by atoms with Gasteiger partial charge >= 0.3 is 0 Å². The van der Waals surface area contributed by atoms with Gasteiger partial charge in [-0.3, -0.25) is 0 Å². The smallest absolute Gasteiger partial charge is 0.131 e. The van der Waals surface area contributed by atoms with E-state index in [-0.39, 0.29) is 0 Å². The summed E-state index contributed by atoms with van der Waals surface area (Å²) in [7, 11) is 0. The van der Waals surface area contributed by atoms with E-state index in [1.54, 1.807) is 0 Å². The molecule has 1 N–H and O–H groups in total. The lowest BCUT2D eigenvalue weighted by Crippen LogP contribution is -2.12. The third kappa shape index (κ3) is 3.99. The molecule has 0 radical (unpaired) electrons. The van der Waals surface area contributed by atoms with E-state index in [9.17, 15) is 0 Å². The van der Waals surface area contributed by atoms with Crippen LogP contribution in [0.3, 0.4) is 0 Å². The van der Waals surface area contributed by atoms with Crippen LogP contribution in [-0.4, -0.2) is 6.54 Å². The normalized spacial score (nSPS) is 10.7. The molecule has 0 spiro atoms. The zero-order chi connectivity index (χ0) is 15.4. The molecule has 2 rings (SSSR count). The minimum Gasteiger partial charge on any atom is -0.457 e. The molecule has 3 heteroatoms. The molecule has 0 heterocycles. The third-order valence-corrected chi connectivity index (χ3v) is 4.02. The van der Waals surface area contributed by atoms with Crippen molar-refractivity contribution in [3.63, 3.8) is 0 Å². The van der Waals surface area contributed by atoms with Crippen molar-refractivity contribution < 1.29 is 4.74 Å². The van der Waals surface area contributed by atoms with Gasteiger partial charge in [-0.25, -0.2) is 0 Å². The molecule has 0 unspecified atom stereocenters. The second-order valence-corrected chi connectivity index (χ2v) is 5.74. The maximum atomic E-state index is 6.21. The number of halogens is 1. The number of hydrogen-bond donors (Lipinski definition) is 1. The van der Waals surface area contributed by atoms with Gasteiger partial charge in [-0.2, -0.15) is 0 Å². The lowest BCUT2D eigenvalue weighted by Gasteiger charge is -2.14. The van der Waals surface area contributed by atoms with Crippen molar-refractivity contribution in [3.8, 4) is 11.5 Å². The summed E-state index contributed by atoms with van der Waals surface area (Å²) in [5.41, 5.74) is 4.47. The fourth-order valence-corrected chi connectivity index (χ4v) is 2.41. The standard InChI is InChI=1S/C18H22ClNO/c1-5-20-11-15-8-12(2)6-7-17(15)21-16-9-13(3)18(19)14(4)10-16/h6-10,20H,5,11H2,1-4H3. The molecule has 0 saturated heterocycles. The first-order chi connectivity index (χ1) is 10.0. The lowest BCUT2D eigenvalue weighted by molar-refractivity contribution is 0.472. The van der Waals surface area contributed by atoms with E-state index in [2.05, 4.69) is 31.3 Å². The van der Waals surface area contributed by atoms with E-state index in [0.29, 0.717) is 0 Å². The van der Waals surface area contributed by atoms with Crippen LogP contribution in [0, 0.1) is 20.8 Å². The van der Waals surface area contributed by atoms with Gasteiger partial charge in [0.25, 0.3) is 0 Å². The third-order valence-electron chi connectivity index (χ3n) is 3.42. The summed E-state index contributed by atoms with van der Waals surface area (Å²) in [5.74, 6) is 1.72. The van der Waals surface area contributed by atoms with Crippen molar-refractivity contribution in [2.75, 3.05) is 6.54 Å². The van der Waals surface area contributed by atoms with Crippen LogP contribution in [0.25, 0.3) is 0 Å². The number of nitrogens with one attached hydrogen (secondary N) is 1. The zero-order valence-electron chi connectivity index (χ0n) is 13.1. The maximum Gasteiger partial charge on any atom is 0.131 e. The van der Waals surface area contributed by atoms with Gasteiger partial charge < -0.3 is 10.1 Å². The van der Waals surface area contributed by atoms with Gasteiger partial charge in [0, 0.05) is 17.1 Å². The largest absolute Gasteiger partial charge is 0.457 e. The van der Waals surface area contributed by atoms with E-state index < -0.39 is 0 Å². The van der Waals surface area contributed by atoms with Crippen molar-refractivity contribution in [2.24, 2.45) is 0 Å². The van der Waals surface area contributed by atoms with Crippen molar-refractivity contribution in [1.82, 2.24) is 5.32 Å². The quantitative estimate of drug-likeness (QED) is 0.823. The molecule has 0 atom stereocenters. The summed E-state index contributed by atoms with van der Waals surface area (Å²) in [5, 5.41) is 4.15. The monoisotopic (exact) mass is 303 g/mol. The van der Waals surface area contributed by atoms with Crippen LogP contribution in [-0.2, 0) is 6.54 Å². The first kappa shape index (κ1) is 15.9. The Morgan fingerprint density at radius 1 is 1.05 bits per heavy atom. The van der Waals surface area contributed by atoms with Crippen LogP contribution in [0.2, 0.25) is 5.02 Å². The van der Waals surface area contributed by atoms with Crippen molar-refractivity contribution in [1.29, 1.82) is 0 Å². The van der Waals surface area contributed by atoms with Crippen LogP contribution in [0.4, 0.5) is 0 Å². The van der Waals surface area contributed by atoms with E-state index >= 15 is 0 Å². The molecule has 0 saturated carbocycles. The van der Waals surface area contributed by atoms with Crippen LogP contribution in [0.1, 0.15) is 29.2 Å². The number of rotatable bonds is 5. The molecule has 2 aromatic carbocycles. The van der Waals surface area contributed by atoms with E-state index in [4.69, 9.17) is 16.3 Å². The Hall–Kier alpha value is -1.51. The average Bonchev–Trinajstić information content (AvgIpc) is 2.45. The van der Waals surface area contributed by atoms with Crippen molar-refractivity contribution in [3.05, 3.63) is 57.6 Å². The summed E-state index contributed by atoms with van der Waals surface area (Å²) in [6, 6.07) is 10.2. The first-order valence-electron chi connectivity index (χ1n) is 7.26. The minimum absolute atomic E-state index is 0.805. The molecule has 0 fully saturated rings. The average molecular weight is 304 g/mol. The van der Waals surface area contributed by atoms with Gasteiger partial charge in [0.15, 0.2) is 0 Å². The summed E-state index contributed by atoms with van der Waals surface area (Å²) in [6.07, 6.45) is 0. The predicted molar refractivity (Wildman–Crippen MR) is 89.6 cm³/mol. The summed E-state index contributed by atoms with van der Waals surface area (Å²) in [4.78, 5) is 0. The van der Waals surface area contributed by atoms with Gasteiger partial charge in [0.1, 0.15) is 11.5 Å². The second kappa shape index (κ2) is 6.97. The highest BCUT2D eigenvalue weighted by Crippen LogP contribution is 2.31.